The Balaban J connectivity index is 2.13. The molecule has 0 amide bonds. The number of hydrogen-bond donors (Lipinski definition) is 1. The number of aliphatic hydroxyl groups is 1. The largest absolute Gasteiger partial charge is 0.485 e. The first kappa shape index (κ1) is 13.9. The van der Waals surface area contributed by atoms with E-state index in [4.69, 9.17) is 16.3 Å². The molecule has 1 N–H and O–H groups in total. The first-order valence-corrected chi connectivity index (χ1v) is 6.57. The molecule has 0 fully saturated rings. The summed E-state index contributed by atoms with van der Waals surface area (Å²) in [6.45, 7) is 2.25. The summed E-state index contributed by atoms with van der Waals surface area (Å²) < 4.78 is 7.50. The zero-order valence-electron chi connectivity index (χ0n) is 11.0. The Hall–Kier alpha value is -1.52. The van der Waals surface area contributed by atoms with Gasteiger partial charge in [-0.2, -0.15) is 0 Å². The molecule has 1 unspecified atom stereocenters. The fourth-order valence-electron chi connectivity index (χ4n) is 1.81. The number of hydrogen-bond acceptors (Lipinski definition) is 3. The van der Waals surface area contributed by atoms with Crippen molar-refractivity contribution in [3.05, 3.63) is 47.0 Å². The van der Waals surface area contributed by atoms with Gasteiger partial charge >= 0.3 is 0 Å². The third-order valence-electron chi connectivity index (χ3n) is 3.05. The van der Waals surface area contributed by atoms with Crippen molar-refractivity contribution in [2.75, 3.05) is 0 Å². The number of halogens is 1. The van der Waals surface area contributed by atoms with Crippen LogP contribution in [-0.4, -0.2) is 14.7 Å². The molecule has 0 aliphatic rings. The summed E-state index contributed by atoms with van der Waals surface area (Å²) in [6.07, 6.45) is 1.72. The number of rotatable bonds is 5. The summed E-state index contributed by atoms with van der Waals surface area (Å²) >= 11 is 5.92. The fraction of sp³-hybridized carbons (Fsp3) is 0.357. The first-order chi connectivity index (χ1) is 9.13. The Morgan fingerprint density at radius 3 is 2.79 bits per heavy atom. The van der Waals surface area contributed by atoms with Gasteiger partial charge in [-0.1, -0.05) is 36.7 Å². The van der Waals surface area contributed by atoms with Crippen LogP contribution >= 0.6 is 11.6 Å². The maximum absolute atomic E-state index is 9.94. The summed E-state index contributed by atoms with van der Waals surface area (Å²) in [7, 11) is 1.83. The Morgan fingerprint density at radius 2 is 2.16 bits per heavy atom. The van der Waals surface area contributed by atoms with Crippen LogP contribution in [0.15, 0.2) is 30.5 Å². The fourth-order valence-corrected chi connectivity index (χ4v) is 1.95. The monoisotopic (exact) mass is 280 g/mol. The van der Waals surface area contributed by atoms with Crippen LogP contribution in [-0.2, 0) is 13.7 Å². The number of ether oxygens (including phenoxy) is 1. The number of benzene rings is 1. The first-order valence-electron chi connectivity index (χ1n) is 6.19. The molecule has 0 saturated heterocycles. The van der Waals surface area contributed by atoms with Gasteiger partial charge in [0.25, 0.3) is 0 Å². The van der Waals surface area contributed by atoms with Gasteiger partial charge in [0.1, 0.15) is 23.3 Å². The van der Waals surface area contributed by atoms with Crippen molar-refractivity contribution in [3.8, 4) is 5.75 Å². The van der Waals surface area contributed by atoms with E-state index >= 15 is 0 Å². The second kappa shape index (κ2) is 6.08. The van der Waals surface area contributed by atoms with Crippen molar-refractivity contribution in [1.29, 1.82) is 0 Å². The molecule has 19 heavy (non-hydrogen) atoms. The van der Waals surface area contributed by atoms with Gasteiger partial charge in [0.05, 0.1) is 12.3 Å². The number of aliphatic hydroxyl groups excluding tert-OH is 1. The highest BCUT2D eigenvalue weighted by atomic mass is 35.5. The lowest BCUT2D eigenvalue weighted by atomic mass is 10.1. The van der Waals surface area contributed by atoms with Crippen LogP contribution in [0.1, 0.15) is 30.8 Å². The molecule has 1 aromatic carbocycles. The Labute approximate surface area is 117 Å². The standard InChI is InChI=1S/C14H17ClN2O2/c1-3-11(18)10-6-4-5-7-12(10)19-9-14-16-8-13(15)17(14)2/h4-8,11,18H,3,9H2,1-2H3. The average molecular weight is 281 g/mol. The quantitative estimate of drug-likeness (QED) is 0.915. The van der Waals surface area contributed by atoms with Crippen LogP contribution in [0.2, 0.25) is 5.15 Å². The Morgan fingerprint density at radius 1 is 1.42 bits per heavy atom. The Bertz CT molecular complexity index is 554. The maximum Gasteiger partial charge on any atom is 0.147 e. The van der Waals surface area contributed by atoms with Crippen molar-refractivity contribution in [2.45, 2.75) is 26.1 Å². The summed E-state index contributed by atoms with van der Waals surface area (Å²) in [5.41, 5.74) is 0.797. The summed E-state index contributed by atoms with van der Waals surface area (Å²) in [6, 6.07) is 7.49. The van der Waals surface area contributed by atoms with E-state index in [0.717, 1.165) is 11.4 Å². The van der Waals surface area contributed by atoms with Gasteiger partial charge in [-0.15, -0.1) is 0 Å². The van der Waals surface area contributed by atoms with Gasteiger partial charge in [-0.25, -0.2) is 4.98 Å². The van der Waals surface area contributed by atoms with E-state index in [-0.39, 0.29) is 0 Å². The predicted octanol–water partition coefficient (Wildman–Crippen LogP) is 3.10. The summed E-state index contributed by atoms with van der Waals surface area (Å²) in [4.78, 5) is 4.17. The summed E-state index contributed by atoms with van der Waals surface area (Å²) in [5, 5.41) is 10.5. The highest BCUT2D eigenvalue weighted by molar-refractivity contribution is 6.29. The molecule has 2 aromatic rings. The van der Waals surface area contributed by atoms with E-state index < -0.39 is 6.10 Å². The molecule has 0 spiro atoms. The van der Waals surface area contributed by atoms with Gasteiger partial charge in [0.2, 0.25) is 0 Å². The van der Waals surface area contributed by atoms with E-state index in [1.54, 1.807) is 10.8 Å². The molecule has 1 heterocycles. The van der Waals surface area contributed by atoms with Crippen LogP contribution in [0.25, 0.3) is 0 Å². The minimum atomic E-state index is -0.513. The third kappa shape index (κ3) is 3.08. The molecule has 0 bridgehead atoms. The van der Waals surface area contributed by atoms with Gasteiger partial charge in [0, 0.05) is 12.6 Å². The lowest BCUT2D eigenvalue weighted by molar-refractivity contribution is 0.166. The zero-order valence-corrected chi connectivity index (χ0v) is 11.8. The van der Waals surface area contributed by atoms with Crippen molar-refractivity contribution in [1.82, 2.24) is 9.55 Å². The molecule has 0 saturated carbocycles. The van der Waals surface area contributed by atoms with Crippen molar-refractivity contribution in [3.63, 3.8) is 0 Å². The molecule has 0 aliphatic carbocycles. The van der Waals surface area contributed by atoms with Crippen LogP contribution in [0.3, 0.4) is 0 Å². The topological polar surface area (TPSA) is 47.3 Å². The smallest absolute Gasteiger partial charge is 0.147 e. The van der Waals surface area contributed by atoms with Crippen LogP contribution in [0.4, 0.5) is 0 Å². The normalized spacial score (nSPS) is 12.4. The molecule has 102 valence electrons. The number of aromatic nitrogens is 2. The van der Waals surface area contributed by atoms with Crippen molar-refractivity contribution < 1.29 is 9.84 Å². The number of para-hydroxylation sites is 1. The minimum absolute atomic E-state index is 0.316. The second-order valence-corrected chi connectivity index (χ2v) is 4.69. The molecule has 0 aliphatic heterocycles. The zero-order chi connectivity index (χ0) is 13.8. The van der Waals surface area contributed by atoms with Crippen LogP contribution < -0.4 is 4.74 Å². The van der Waals surface area contributed by atoms with Gasteiger partial charge in [-0.05, 0) is 12.5 Å². The van der Waals surface area contributed by atoms with Gasteiger partial charge in [0.15, 0.2) is 0 Å². The van der Waals surface area contributed by atoms with E-state index in [2.05, 4.69) is 4.98 Å². The highest BCUT2D eigenvalue weighted by Gasteiger charge is 2.12. The SMILES string of the molecule is CCC(O)c1ccccc1OCc1ncc(Cl)n1C. The molecule has 1 aromatic heterocycles. The highest BCUT2D eigenvalue weighted by Crippen LogP contribution is 2.27. The summed E-state index contributed by atoms with van der Waals surface area (Å²) in [5.74, 6) is 1.42. The van der Waals surface area contributed by atoms with Crippen molar-refractivity contribution >= 4 is 11.6 Å². The second-order valence-electron chi connectivity index (χ2n) is 4.31. The molecular formula is C14H17ClN2O2. The van der Waals surface area contributed by atoms with Gasteiger partial charge in [-0.3, -0.25) is 0 Å². The molecule has 1 atom stereocenters. The van der Waals surface area contributed by atoms with Crippen LogP contribution in [0.5, 0.6) is 5.75 Å². The molecular weight excluding hydrogens is 264 g/mol. The van der Waals surface area contributed by atoms with E-state index in [9.17, 15) is 5.11 Å². The minimum Gasteiger partial charge on any atom is -0.485 e. The van der Waals surface area contributed by atoms with Crippen molar-refractivity contribution in [2.24, 2.45) is 7.05 Å². The third-order valence-corrected chi connectivity index (χ3v) is 3.40. The van der Waals surface area contributed by atoms with E-state index in [1.807, 2.05) is 38.2 Å². The van der Waals surface area contributed by atoms with E-state index in [0.29, 0.717) is 23.9 Å². The average Bonchev–Trinajstić information content (AvgIpc) is 2.76. The lowest BCUT2D eigenvalue weighted by Crippen LogP contribution is -2.06. The maximum atomic E-state index is 9.94. The molecule has 4 nitrogen and oxygen atoms in total. The number of imidazole rings is 1. The Kier molecular flexibility index (Phi) is 4.45. The van der Waals surface area contributed by atoms with Crippen LogP contribution in [0, 0.1) is 0 Å². The van der Waals surface area contributed by atoms with Gasteiger partial charge < -0.3 is 14.4 Å². The lowest BCUT2D eigenvalue weighted by Gasteiger charge is -2.14. The molecule has 0 radical (unpaired) electrons. The van der Waals surface area contributed by atoms with E-state index in [1.165, 1.54) is 0 Å². The predicted molar refractivity (Wildman–Crippen MR) is 74.2 cm³/mol. The molecule has 2 rings (SSSR count). The number of nitrogens with zero attached hydrogens (tertiary/aromatic N) is 2. The molecule has 5 heteroatoms.